The average molecular weight is 269 g/mol. The Morgan fingerprint density at radius 3 is 1.87 bits per heavy atom. The summed E-state index contributed by atoms with van der Waals surface area (Å²) in [5.74, 6) is 0. The lowest BCUT2D eigenvalue weighted by atomic mass is 10.2. The Balaban J connectivity index is 3.41. The molecule has 0 aliphatic rings. The lowest BCUT2D eigenvalue weighted by Crippen LogP contribution is -2.17. The Hall–Kier alpha value is -0.590. The molecule has 0 aliphatic carbocycles. The fourth-order valence-corrected chi connectivity index (χ4v) is 5.53. The Labute approximate surface area is 93.2 Å². The third-order valence-corrected chi connectivity index (χ3v) is 6.21. The molecule has 84 valence electrons. The zero-order valence-electron chi connectivity index (χ0n) is 7.79. The zero-order valence-corrected chi connectivity index (χ0v) is 10.2. The first-order valence-electron chi connectivity index (χ1n) is 3.90. The van der Waals surface area contributed by atoms with E-state index in [0.29, 0.717) is 0 Å². The van der Waals surface area contributed by atoms with Crippen LogP contribution in [0.1, 0.15) is 10.1 Å². The fraction of sp³-hybridized carbons (Fsp3) is 0.250. The molecule has 0 heterocycles. The van der Waals surface area contributed by atoms with Gasteiger partial charge in [0.2, 0.25) is 4.58 Å². The van der Waals surface area contributed by atoms with E-state index in [1.807, 2.05) is 0 Å². The lowest BCUT2D eigenvalue weighted by molar-refractivity contribution is 0.587. The third kappa shape index (κ3) is 3.19. The summed E-state index contributed by atoms with van der Waals surface area (Å²) < 4.78 is 43.3. The molecule has 0 saturated carbocycles. The Bertz CT molecular complexity index is 501. The van der Waals surface area contributed by atoms with Crippen LogP contribution in [0.15, 0.2) is 30.3 Å². The quantitative estimate of drug-likeness (QED) is 0.775. The predicted octanol–water partition coefficient (Wildman–Crippen LogP) is 1.30. The van der Waals surface area contributed by atoms with Gasteiger partial charge in [-0.3, -0.25) is 0 Å². The van der Waals surface area contributed by atoms with Crippen LogP contribution < -0.4 is 0 Å². The smallest absolute Gasteiger partial charge is 0.227 e. The van der Waals surface area contributed by atoms with Gasteiger partial charge in [0.05, 0.1) is 0 Å². The molecule has 0 amide bonds. The van der Waals surface area contributed by atoms with Gasteiger partial charge in [-0.15, -0.1) is 0 Å². The van der Waals surface area contributed by atoms with Crippen molar-refractivity contribution in [1.29, 1.82) is 0 Å². The molecule has 0 N–H and O–H groups in total. The molecular formula is C8H9ClO4S2. The minimum Gasteiger partial charge on any atom is -0.227 e. The molecule has 0 bridgehead atoms. The summed E-state index contributed by atoms with van der Waals surface area (Å²) in [6.07, 6.45) is 0.838. The van der Waals surface area contributed by atoms with Gasteiger partial charge in [-0.2, -0.15) is 0 Å². The normalized spacial score (nSPS) is 14.8. The molecule has 0 radical (unpaired) electrons. The van der Waals surface area contributed by atoms with Crippen LogP contribution in [0.2, 0.25) is 0 Å². The molecule has 0 spiro atoms. The molecule has 4 nitrogen and oxygen atoms in total. The highest BCUT2D eigenvalue weighted by Crippen LogP contribution is 2.30. The van der Waals surface area contributed by atoms with Crippen LogP contribution in [-0.2, 0) is 18.9 Å². The molecule has 1 unspecified atom stereocenters. The van der Waals surface area contributed by atoms with Crippen molar-refractivity contribution in [2.75, 3.05) is 6.26 Å². The van der Waals surface area contributed by atoms with Crippen molar-refractivity contribution in [3.05, 3.63) is 35.9 Å². The van der Waals surface area contributed by atoms with Crippen molar-refractivity contribution >= 4 is 29.6 Å². The number of hydrogen-bond donors (Lipinski definition) is 0. The molecule has 7 heteroatoms. The van der Waals surface area contributed by atoms with Gasteiger partial charge < -0.3 is 0 Å². The van der Waals surface area contributed by atoms with E-state index in [0.717, 1.165) is 6.26 Å². The minimum absolute atomic E-state index is 0.148. The van der Waals surface area contributed by atoms with Gasteiger partial charge in [-0.05, 0) is 5.56 Å². The van der Waals surface area contributed by atoms with Gasteiger partial charge in [-0.1, -0.05) is 30.3 Å². The first kappa shape index (κ1) is 12.5. The van der Waals surface area contributed by atoms with Crippen LogP contribution in [0.3, 0.4) is 0 Å². The zero-order chi connectivity index (χ0) is 11.7. The molecule has 1 atom stereocenters. The maximum Gasteiger partial charge on any atom is 0.254 e. The van der Waals surface area contributed by atoms with E-state index >= 15 is 0 Å². The molecule has 0 aromatic heterocycles. The summed E-state index contributed by atoms with van der Waals surface area (Å²) in [5.41, 5.74) is 0.148. The molecule has 0 fully saturated rings. The monoisotopic (exact) mass is 268 g/mol. The van der Waals surface area contributed by atoms with Gasteiger partial charge in [-0.25, -0.2) is 16.8 Å². The first-order valence-corrected chi connectivity index (χ1v) is 8.23. The van der Waals surface area contributed by atoms with Gasteiger partial charge in [0.25, 0.3) is 9.05 Å². The van der Waals surface area contributed by atoms with Crippen LogP contribution in [0.5, 0.6) is 0 Å². The Kier molecular flexibility index (Phi) is 3.42. The van der Waals surface area contributed by atoms with Crippen LogP contribution in [0.4, 0.5) is 0 Å². The number of sulfone groups is 1. The standard InChI is InChI=1S/C8H9ClO4S2/c1-14(10,11)8(15(9,12)13)7-5-3-2-4-6-7/h2-6,8H,1H3. The van der Waals surface area contributed by atoms with Crippen LogP contribution in [0.25, 0.3) is 0 Å². The van der Waals surface area contributed by atoms with Crippen molar-refractivity contribution in [2.45, 2.75) is 4.58 Å². The van der Waals surface area contributed by atoms with E-state index in [2.05, 4.69) is 0 Å². The van der Waals surface area contributed by atoms with Crippen molar-refractivity contribution in [3.63, 3.8) is 0 Å². The molecule has 0 aliphatic heterocycles. The van der Waals surface area contributed by atoms with Gasteiger partial charge in [0.15, 0.2) is 9.84 Å². The van der Waals surface area contributed by atoms with Crippen LogP contribution >= 0.6 is 10.7 Å². The summed E-state index contributed by atoms with van der Waals surface area (Å²) in [6, 6.07) is 7.58. The van der Waals surface area contributed by atoms with Crippen LogP contribution in [0, 0.1) is 0 Å². The second-order valence-corrected chi connectivity index (χ2v) is 8.19. The van der Waals surface area contributed by atoms with E-state index in [1.165, 1.54) is 12.1 Å². The van der Waals surface area contributed by atoms with E-state index < -0.39 is 23.5 Å². The summed E-state index contributed by atoms with van der Waals surface area (Å²) in [5, 5.41) is 0. The molecular weight excluding hydrogens is 260 g/mol. The number of halogens is 1. The molecule has 1 aromatic rings. The molecule has 1 rings (SSSR count). The summed E-state index contributed by atoms with van der Waals surface area (Å²) in [6.45, 7) is 0. The Morgan fingerprint density at radius 1 is 1.07 bits per heavy atom. The second-order valence-electron chi connectivity index (χ2n) is 3.05. The number of benzene rings is 1. The highest BCUT2D eigenvalue weighted by molar-refractivity contribution is 8.21. The molecule has 1 aromatic carbocycles. The molecule has 0 saturated heterocycles. The van der Waals surface area contributed by atoms with Crippen molar-refractivity contribution in [3.8, 4) is 0 Å². The minimum atomic E-state index is -4.19. The van der Waals surface area contributed by atoms with Crippen molar-refractivity contribution < 1.29 is 16.8 Å². The number of rotatable bonds is 3. The van der Waals surface area contributed by atoms with Gasteiger partial charge >= 0.3 is 0 Å². The predicted molar refractivity (Wildman–Crippen MR) is 58.8 cm³/mol. The fourth-order valence-electron chi connectivity index (χ4n) is 1.23. The summed E-state index contributed by atoms with van der Waals surface area (Å²) in [7, 11) is -2.88. The SMILES string of the molecule is CS(=O)(=O)C(c1ccccc1)S(=O)(=O)Cl. The van der Waals surface area contributed by atoms with Crippen molar-refractivity contribution in [1.82, 2.24) is 0 Å². The largest absolute Gasteiger partial charge is 0.254 e. The van der Waals surface area contributed by atoms with E-state index in [1.54, 1.807) is 18.2 Å². The number of hydrogen-bond acceptors (Lipinski definition) is 4. The third-order valence-electron chi connectivity index (χ3n) is 1.72. The van der Waals surface area contributed by atoms with Gasteiger partial charge in [0.1, 0.15) is 0 Å². The highest BCUT2D eigenvalue weighted by Gasteiger charge is 2.34. The van der Waals surface area contributed by atoms with E-state index in [4.69, 9.17) is 10.7 Å². The molecule has 15 heavy (non-hydrogen) atoms. The van der Waals surface area contributed by atoms with E-state index in [9.17, 15) is 16.8 Å². The maximum absolute atomic E-state index is 11.3. The first-order chi connectivity index (χ1) is 6.73. The average Bonchev–Trinajstić information content (AvgIpc) is 2.00. The van der Waals surface area contributed by atoms with E-state index in [-0.39, 0.29) is 5.56 Å². The lowest BCUT2D eigenvalue weighted by Gasteiger charge is -2.11. The van der Waals surface area contributed by atoms with Crippen LogP contribution in [-0.4, -0.2) is 23.1 Å². The summed E-state index contributed by atoms with van der Waals surface area (Å²) in [4.78, 5) is 0. The maximum atomic E-state index is 11.3. The Morgan fingerprint density at radius 2 is 1.53 bits per heavy atom. The second kappa shape index (κ2) is 4.11. The topological polar surface area (TPSA) is 68.3 Å². The highest BCUT2D eigenvalue weighted by atomic mass is 35.7. The van der Waals surface area contributed by atoms with Gasteiger partial charge in [0, 0.05) is 16.9 Å². The summed E-state index contributed by atoms with van der Waals surface area (Å²) >= 11 is 0. The van der Waals surface area contributed by atoms with Crippen molar-refractivity contribution in [2.24, 2.45) is 0 Å².